The maximum atomic E-state index is 13.1. The molecule has 4 rings (SSSR count). The first-order valence-corrected chi connectivity index (χ1v) is 11.4. The molecule has 0 aliphatic carbocycles. The second-order valence-corrected chi connectivity index (χ2v) is 8.52. The number of carbonyl (C=O) groups is 2. The Morgan fingerprint density at radius 1 is 1.09 bits per heavy atom. The average Bonchev–Trinajstić information content (AvgIpc) is 2.87. The lowest BCUT2D eigenvalue weighted by molar-refractivity contribution is -0.384. The van der Waals surface area contributed by atoms with Crippen molar-refractivity contribution in [3.8, 4) is 5.75 Å². The van der Waals surface area contributed by atoms with E-state index in [1.54, 1.807) is 12.1 Å². The van der Waals surface area contributed by atoms with Gasteiger partial charge in [-0.1, -0.05) is 42.5 Å². The Morgan fingerprint density at radius 3 is 2.65 bits per heavy atom. The van der Waals surface area contributed by atoms with Gasteiger partial charge >= 0.3 is 11.9 Å². The highest BCUT2D eigenvalue weighted by molar-refractivity contribution is 9.10. The molecule has 0 fully saturated rings. The third kappa shape index (κ3) is 5.23. The molecular weight excluding hydrogens is 502 g/mol. The quantitative estimate of drug-likeness (QED) is 0.138. The minimum Gasteiger partial charge on any atom is -0.457 e. The van der Waals surface area contributed by atoms with Gasteiger partial charge in [0.1, 0.15) is 12.4 Å². The van der Waals surface area contributed by atoms with E-state index in [0.29, 0.717) is 40.4 Å². The number of nitrogens with zero attached hydrogens (tertiary/aromatic N) is 1. The van der Waals surface area contributed by atoms with Crippen LogP contribution in [0.25, 0.3) is 0 Å². The summed E-state index contributed by atoms with van der Waals surface area (Å²) in [6.45, 7) is 0.121. The average molecular weight is 522 g/mol. The molecule has 172 valence electrons. The van der Waals surface area contributed by atoms with Crippen molar-refractivity contribution in [1.29, 1.82) is 0 Å². The summed E-state index contributed by atoms with van der Waals surface area (Å²) in [4.78, 5) is 36.7. The lowest BCUT2D eigenvalue weighted by atomic mass is 10.0. The van der Waals surface area contributed by atoms with E-state index in [1.165, 1.54) is 18.2 Å². The number of hydrogen-bond donors (Lipinski definition) is 0. The fourth-order valence-corrected chi connectivity index (χ4v) is 4.17. The molecule has 8 heteroatoms. The van der Waals surface area contributed by atoms with E-state index in [4.69, 9.17) is 9.47 Å². The zero-order chi connectivity index (χ0) is 24.1. The molecule has 3 aromatic rings. The standard InChI is InChI=1S/C26H20BrNO6/c27-23-14-13-22(25(29)33-16-17-7-3-1-4-8-17)21-10-6-2-5-9-18-15-19(28(31)32)11-12-20(18)26(30)34-24(21)23/h1-5,7-8,11-15H,6,9-10,16H2/b5-2+. The smallest absolute Gasteiger partial charge is 0.343 e. The predicted molar refractivity (Wildman–Crippen MR) is 129 cm³/mol. The van der Waals surface area contributed by atoms with Crippen LogP contribution in [0, 0.1) is 10.1 Å². The molecule has 0 radical (unpaired) electrons. The maximum Gasteiger partial charge on any atom is 0.343 e. The molecule has 0 saturated carbocycles. The third-order valence-corrected chi connectivity index (χ3v) is 6.05. The van der Waals surface area contributed by atoms with Crippen molar-refractivity contribution >= 4 is 33.6 Å². The van der Waals surface area contributed by atoms with E-state index in [-0.39, 0.29) is 23.6 Å². The van der Waals surface area contributed by atoms with Gasteiger partial charge in [-0.3, -0.25) is 10.1 Å². The number of nitro benzene ring substituents is 1. The first-order chi connectivity index (χ1) is 16.4. The highest BCUT2D eigenvalue weighted by Gasteiger charge is 2.24. The van der Waals surface area contributed by atoms with Gasteiger partial charge in [-0.25, -0.2) is 9.59 Å². The minimum atomic E-state index is -0.656. The number of fused-ring (bicyclic) bond motifs is 2. The van der Waals surface area contributed by atoms with Crippen LogP contribution in [-0.2, 0) is 24.2 Å². The van der Waals surface area contributed by atoms with Crippen LogP contribution in [0.1, 0.15) is 43.8 Å². The Kier molecular flexibility index (Phi) is 7.18. The molecule has 7 nitrogen and oxygen atoms in total. The molecule has 0 aromatic heterocycles. The summed E-state index contributed by atoms with van der Waals surface area (Å²) in [5, 5.41) is 11.2. The Morgan fingerprint density at radius 2 is 1.88 bits per heavy atom. The molecule has 0 bridgehead atoms. The summed E-state index contributed by atoms with van der Waals surface area (Å²) in [6, 6.07) is 16.7. The zero-order valence-corrected chi connectivity index (χ0v) is 19.6. The predicted octanol–water partition coefficient (Wildman–Crippen LogP) is 5.98. The first-order valence-electron chi connectivity index (χ1n) is 10.6. The van der Waals surface area contributed by atoms with E-state index in [9.17, 15) is 19.7 Å². The van der Waals surface area contributed by atoms with E-state index in [1.807, 2.05) is 42.5 Å². The van der Waals surface area contributed by atoms with Gasteiger partial charge in [-0.2, -0.15) is 0 Å². The van der Waals surface area contributed by atoms with Crippen LogP contribution in [0.3, 0.4) is 0 Å². The Balaban J connectivity index is 1.68. The lowest BCUT2D eigenvalue weighted by Crippen LogP contribution is -2.15. The highest BCUT2D eigenvalue weighted by atomic mass is 79.9. The van der Waals surface area contributed by atoms with Gasteiger partial charge in [-0.15, -0.1) is 0 Å². The number of nitro groups is 1. The SMILES string of the molecule is O=C1Oc2c(Br)ccc(C(=O)OCc3ccccc3)c2CC/C=C/Cc2cc([N+](=O)[O-])ccc21. The van der Waals surface area contributed by atoms with Crippen molar-refractivity contribution < 1.29 is 24.0 Å². The van der Waals surface area contributed by atoms with Gasteiger partial charge in [0.25, 0.3) is 5.69 Å². The van der Waals surface area contributed by atoms with Crippen molar-refractivity contribution in [3.05, 3.63) is 115 Å². The zero-order valence-electron chi connectivity index (χ0n) is 18.0. The van der Waals surface area contributed by atoms with Gasteiger partial charge in [0.05, 0.1) is 20.5 Å². The summed E-state index contributed by atoms with van der Waals surface area (Å²) in [5.41, 5.74) is 2.36. The number of rotatable bonds is 4. The van der Waals surface area contributed by atoms with Crippen LogP contribution in [0.4, 0.5) is 5.69 Å². The third-order valence-electron chi connectivity index (χ3n) is 5.42. The molecule has 3 aromatic carbocycles. The number of halogens is 1. The first kappa shape index (κ1) is 23.4. The van der Waals surface area contributed by atoms with E-state index < -0.39 is 16.9 Å². The van der Waals surface area contributed by atoms with Crippen molar-refractivity contribution in [2.45, 2.75) is 25.9 Å². The highest BCUT2D eigenvalue weighted by Crippen LogP contribution is 2.35. The molecule has 1 heterocycles. The van der Waals surface area contributed by atoms with Crippen molar-refractivity contribution in [2.75, 3.05) is 0 Å². The van der Waals surface area contributed by atoms with Crippen LogP contribution in [-0.4, -0.2) is 16.9 Å². The van der Waals surface area contributed by atoms with Crippen molar-refractivity contribution in [2.24, 2.45) is 0 Å². The van der Waals surface area contributed by atoms with E-state index >= 15 is 0 Å². The largest absolute Gasteiger partial charge is 0.457 e. The Hall–Kier alpha value is -3.78. The number of ether oxygens (including phenoxy) is 2. The van der Waals surface area contributed by atoms with Gasteiger partial charge < -0.3 is 9.47 Å². The fraction of sp³-hybridized carbons (Fsp3) is 0.154. The van der Waals surface area contributed by atoms with Crippen molar-refractivity contribution in [3.63, 3.8) is 0 Å². The summed E-state index contributed by atoms with van der Waals surface area (Å²) in [7, 11) is 0. The molecule has 1 aliphatic heterocycles. The van der Waals surface area contributed by atoms with Gasteiger partial charge in [0.15, 0.2) is 0 Å². The molecule has 0 spiro atoms. The fourth-order valence-electron chi connectivity index (χ4n) is 3.72. The monoisotopic (exact) mass is 521 g/mol. The number of benzene rings is 3. The molecule has 0 N–H and O–H groups in total. The van der Waals surface area contributed by atoms with Gasteiger partial charge in [0.2, 0.25) is 0 Å². The van der Waals surface area contributed by atoms with Gasteiger partial charge in [-0.05, 0) is 64.5 Å². The van der Waals surface area contributed by atoms with Crippen LogP contribution in [0.5, 0.6) is 5.75 Å². The second kappa shape index (κ2) is 10.4. The molecule has 0 amide bonds. The summed E-state index contributed by atoms with van der Waals surface area (Å²) >= 11 is 3.43. The minimum absolute atomic E-state index is 0.0974. The Bertz CT molecular complexity index is 1290. The lowest BCUT2D eigenvalue weighted by Gasteiger charge is -2.16. The number of carbonyl (C=O) groups excluding carboxylic acids is 2. The number of allylic oxidation sites excluding steroid dienone is 2. The second-order valence-electron chi connectivity index (χ2n) is 7.67. The van der Waals surface area contributed by atoms with Crippen molar-refractivity contribution in [1.82, 2.24) is 0 Å². The molecule has 1 aliphatic rings. The number of hydrogen-bond acceptors (Lipinski definition) is 6. The molecule has 0 atom stereocenters. The van der Waals surface area contributed by atoms with Crippen LogP contribution in [0.15, 0.2) is 77.3 Å². The molecule has 34 heavy (non-hydrogen) atoms. The van der Waals surface area contributed by atoms with Crippen LogP contribution >= 0.6 is 15.9 Å². The summed E-state index contributed by atoms with van der Waals surface area (Å²) < 4.78 is 11.8. The summed E-state index contributed by atoms with van der Waals surface area (Å²) in [6.07, 6.45) is 5.12. The summed E-state index contributed by atoms with van der Waals surface area (Å²) in [5.74, 6) is -0.936. The molecule has 0 saturated heterocycles. The van der Waals surface area contributed by atoms with Crippen LogP contribution < -0.4 is 4.74 Å². The number of non-ortho nitro benzene ring substituents is 1. The normalized spacial score (nSPS) is 14.1. The number of esters is 2. The Labute approximate surface area is 204 Å². The topological polar surface area (TPSA) is 95.7 Å². The van der Waals surface area contributed by atoms with E-state index in [2.05, 4.69) is 15.9 Å². The van der Waals surface area contributed by atoms with Gasteiger partial charge in [0, 0.05) is 17.7 Å². The maximum absolute atomic E-state index is 13.1. The van der Waals surface area contributed by atoms with E-state index in [0.717, 1.165) is 5.56 Å². The molecular formula is C26H20BrNO6. The van der Waals surface area contributed by atoms with Crippen LogP contribution in [0.2, 0.25) is 0 Å². The molecule has 0 unspecified atom stereocenters.